The van der Waals surface area contributed by atoms with Crippen molar-refractivity contribution in [3.63, 3.8) is 0 Å². The van der Waals surface area contributed by atoms with Gasteiger partial charge in [0.2, 0.25) is 0 Å². The summed E-state index contributed by atoms with van der Waals surface area (Å²) in [4.78, 5) is 11.8. The van der Waals surface area contributed by atoms with Gasteiger partial charge in [0.05, 0.1) is 28.6 Å². The number of nitriles is 1. The molecular weight excluding hydrogens is 230 g/mol. The summed E-state index contributed by atoms with van der Waals surface area (Å²) in [5, 5.41) is 11.4. The Morgan fingerprint density at radius 1 is 1.44 bits per heavy atom. The predicted octanol–water partition coefficient (Wildman–Crippen LogP) is 2.29. The van der Waals surface area contributed by atoms with E-state index in [1.165, 1.54) is 12.3 Å². The van der Waals surface area contributed by atoms with Gasteiger partial charge >= 0.3 is 0 Å². The Labute approximate surface area is 104 Å². The fourth-order valence-corrected chi connectivity index (χ4v) is 1.50. The van der Waals surface area contributed by atoms with Crippen LogP contribution in [0.3, 0.4) is 0 Å². The van der Waals surface area contributed by atoms with Crippen LogP contribution < -0.4 is 11.1 Å². The molecule has 0 bridgehead atoms. The molecule has 0 aliphatic carbocycles. The summed E-state index contributed by atoms with van der Waals surface area (Å²) in [6, 6.07) is 8.31. The van der Waals surface area contributed by atoms with E-state index >= 15 is 0 Å². The smallest absolute Gasteiger partial charge is 0.258 e. The van der Waals surface area contributed by atoms with Crippen LogP contribution >= 0.6 is 0 Å². The number of carbonyl (C=O) groups excluding carboxylic acids is 1. The van der Waals surface area contributed by atoms with E-state index in [-0.39, 0.29) is 5.91 Å². The molecular formula is C13H11N3O2. The largest absolute Gasteiger partial charge is 0.469 e. The zero-order chi connectivity index (χ0) is 13.1. The Balaban J connectivity index is 2.20. The summed E-state index contributed by atoms with van der Waals surface area (Å²) in [7, 11) is 0. The molecule has 90 valence electrons. The highest BCUT2D eigenvalue weighted by atomic mass is 16.3. The number of hydrogen-bond acceptors (Lipinski definition) is 4. The lowest BCUT2D eigenvalue weighted by Crippen LogP contribution is -2.12. The molecule has 0 saturated carbocycles. The van der Waals surface area contributed by atoms with Gasteiger partial charge in [-0.25, -0.2) is 0 Å². The second kappa shape index (κ2) is 4.63. The maximum absolute atomic E-state index is 11.8. The maximum Gasteiger partial charge on any atom is 0.258 e. The molecule has 0 spiro atoms. The number of benzene rings is 1. The molecule has 1 aromatic heterocycles. The van der Waals surface area contributed by atoms with Crippen LogP contribution in [-0.4, -0.2) is 5.91 Å². The zero-order valence-electron chi connectivity index (χ0n) is 9.73. The summed E-state index contributed by atoms with van der Waals surface area (Å²) in [5.41, 5.74) is 7.43. The lowest BCUT2D eigenvalue weighted by Gasteiger charge is -2.06. The molecule has 1 amide bonds. The molecule has 2 aromatic rings. The third-order valence-electron chi connectivity index (χ3n) is 2.42. The minimum absolute atomic E-state index is 0.303. The number of nitrogens with zero attached hydrogens (tertiary/aromatic N) is 1. The van der Waals surface area contributed by atoms with Crippen molar-refractivity contribution in [3.05, 3.63) is 47.4 Å². The van der Waals surface area contributed by atoms with Crippen LogP contribution in [0.1, 0.15) is 21.7 Å². The van der Waals surface area contributed by atoms with Crippen LogP contribution in [0.2, 0.25) is 0 Å². The third-order valence-corrected chi connectivity index (χ3v) is 2.42. The summed E-state index contributed by atoms with van der Waals surface area (Å²) in [6.07, 6.45) is 1.38. The standard InChI is InChI=1S/C13H11N3O2/c1-8-4-10(7-18-8)13(17)16-12-3-2-9(6-14)5-11(12)15/h2-5,7H,15H2,1H3,(H,16,17). The van der Waals surface area contributed by atoms with Crippen molar-refractivity contribution in [1.29, 1.82) is 5.26 Å². The summed E-state index contributed by atoms with van der Waals surface area (Å²) in [6.45, 7) is 1.76. The molecule has 0 aliphatic rings. The molecule has 0 fully saturated rings. The molecule has 0 radical (unpaired) electrons. The molecule has 5 heteroatoms. The Morgan fingerprint density at radius 3 is 2.78 bits per heavy atom. The van der Waals surface area contributed by atoms with Gasteiger partial charge in [0, 0.05) is 0 Å². The van der Waals surface area contributed by atoms with Crippen molar-refractivity contribution in [2.45, 2.75) is 6.92 Å². The average molecular weight is 241 g/mol. The number of amides is 1. The predicted molar refractivity (Wildman–Crippen MR) is 67.0 cm³/mol. The molecule has 0 aliphatic heterocycles. The lowest BCUT2D eigenvalue weighted by atomic mass is 10.2. The van der Waals surface area contributed by atoms with Gasteiger partial charge in [-0.3, -0.25) is 4.79 Å². The first-order valence-corrected chi connectivity index (χ1v) is 5.26. The maximum atomic E-state index is 11.8. The van der Waals surface area contributed by atoms with Gasteiger partial charge in [0.15, 0.2) is 0 Å². The van der Waals surface area contributed by atoms with Crippen LogP contribution in [0.25, 0.3) is 0 Å². The molecule has 5 nitrogen and oxygen atoms in total. The molecule has 1 heterocycles. The van der Waals surface area contributed by atoms with E-state index in [2.05, 4.69) is 5.32 Å². The van der Waals surface area contributed by atoms with E-state index < -0.39 is 0 Å². The molecule has 2 rings (SSSR count). The van der Waals surface area contributed by atoms with Crippen LogP contribution in [-0.2, 0) is 0 Å². The second-order valence-corrected chi connectivity index (χ2v) is 3.81. The van der Waals surface area contributed by atoms with Crippen LogP contribution in [0.5, 0.6) is 0 Å². The molecule has 3 N–H and O–H groups in total. The summed E-state index contributed by atoms with van der Waals surface area (Å²) in [5.74, 6) is 0.358. The van der Waals surface area contributed by atoms with Gasteiger partial charge in [-0.1, -0.05) is 0 Å². The van der Waals surface area contributed by atoms with E-state index in [1.54, 1.807) is 25.1 Å². The van der Waals surface area contributed by atoms with Gasteiger partial charge in [0.1, 0.15) is 12.0 Å². The van der Waals surface area contributed by atoms with Crippen molar-refractivity contribution in [1.82, 2.24) is 0 Å². The minimum atomic E-state index is -0.303. The number of nitrogens with one attached hydrogen (secondary N) is 1. The van der Waals surface area contributed by atoms with Crippen molar-refractivity contribution < 1.29 is 9.21 Å². The molecule has 0 unspecified atom stereocenters. The van der Waals surface area contributed by atoms with Gasteiger partial charge in [0.25, 0.3) is 5.91 Å². The second-order valence-electron chi connectivity index (χ2n) is 3.81. The van der Waals surface area contributed by atoms with E-state index in [0.717, 1.165) is 0 Å². The quantitative estimate of drug-likeness (QED) is 0.789. The number of hydrogen-bond donors (Lipinski definition) is 2. The minimum Gasteiger partial charge on any atom is -0.469 e. The summed E-state index contributed by atoms with van der Waals surface area (Å²) >= 11 is 0. The highest BCUT2D eigenvalue weighted by molar-refractivity contribution is 6.05. The van der Waals surface area contributed by atoms with E-state index in [9.17, 15) is 4.79 Å². The lowest BCUT2D eigenvalue weighted by molar-refractivity contribution is 0.102. The number of anilines is 2. The van der Waals surface area contributed by atoms with Gasteiger partial charge < -0.3 is 15.5 Å². The van der Waals surface area contributed by atoms with Crippen molar-refractivity contribution >= 4 is 17.3 Å². The molecule has 1 aromatic carbocycles. The monoisotopic (exact) mass is 241 g/mol. The van der Waals surface area contributed by atoms with Gasteiger partial charge in [-0.05, 0) is 31.2 Å². The molecule has 0 atom stereocenters. The highest BCUT2D eigenvalue weighted by Gasteiger charge is 2.10. The number of aryl methyl sites for hydroxylation is 1. The number of nitrogens with two attached hydrogens (primary N) is 1. The number of furan rings is 1. The Morgan fingerprint density at radius 2 is 2.22 bits per heavy atom. The Hall–Kier alpha value is -2.74. The summed E-state index contributed by atoms with van der Waals surface area (Å²) < 4.78 is 5.05. The third kappa shape index (κ3) is 2.33. The zero-order valence-corrected chi connectivity index (χ0v) is 9.73. The number of rotatable bonds is 2. The Kier molecular flexibility index (Phi) is 3.02. The number of nitrogen functional groups attached to an aromatic ring is 1. The van der Waals surface area contributed by atoms with E-state index in [0.29, 0.717) is 28.3 Å². The Bertz CT molecular complexity index is 638. The van der Waals surface area contributed by atoms with Crippen molar-refractivity contribution in [3.8, 4) is 6.07 Å². The number of carbonyl (C=O) groups is 1. The SMILES string of the molecule is Cc1cc(C(=O)Nc2ccc(C#N)cc2N)co1. The first-order valence-electron chi connectivity index (χ1n) is 5.26. The molecule has 0 saturated heterocycles. The van der Waals surface area contributed by atoms with Gasteiger partial charge in [-0.15, -0.1) is 0 Å². The van der Waals surface area contributed by atoms with Crippen LogP contribution in [0, 0.1) is 18.3 Å². The van der Waals surface area contributed by atoms with E-state index in [4.69, 9.17) is 15.4 Å². The highest BCUT2D eigenvalue weighted by Crippen LogP contribution is 2.20. The first-order chi connectivity index (χ1) is 8.60. The fraction of sp³-hybridized carbons (Fsp3) is 0.0769. The average Bonchev–Trinajstić information content (AvgIpc) is 2.78. The van der Waals surface area contributed by atoms with Crippen LogP contribution in [0.4, 0.5) is 11.4 Å². The van der Waals surface area contributed by atoms with Crippen LogP contribution in [0.15, 0.2) is 34.9 Å². The van der Waals surface area contributed by atoms with E-state index in [1.807, 2.05) is 6.07 Å². The molecule has 18 heavy (non-hydrogen) atoms. The van der Waals surface area contributed by atoms with Gasteiger partial charge in [-0.2, -0.15) is 5.26 Å². The fourth-order valence-electron chi connectivity index (χ4n) is 1.50. The first kappa shape index (κ1) is 11.7. The van der Waals surface area contributed by atoms with Crippen molar-refractivity contribution in [2.24, 2.45) is 0 Å². The normalized spacial score (nSPS) is 9.78. The topological polar surface area (TPSA) is 92.0 Å². The van der Waals surface area contributed by atoms with Crippen molar-refractivity contribution in [2.75, 3.05) is 11.1 Å².